The summed E-state index contributed by atoms with van der Waals surface area (Å²) in [6.07, 6.45) is 1.59. The Bertz CT molecular complexity index is 870. The van der Waals surface area contributed by atoms with Gasteiger partial charge in [0.2, 0.25) is 5.91 Å². The van der Waals surface area contributed by atoms with Crippen molar-refractivity contribution in [1.29, 1.82) is 0 Å². The molecule has 0 saturated carbocycles. The highest BCUT2D eigenvalue weighted by atomic mass is 16.5. The molecule has 2 aromatic rings. The molecule has 0 aliphatic carbocycles. The zero-order valence-corrected chi connectivity index (χ0v) is 16.1. The van der Waals surface area contributed by atoms with Crippen LogP contribution in [0.25, 0.3) is 10.9 Å². The number of fused-ring (bicyclic) bond motifs is 1. The molecule has 1 aromatic carbocycles. The highest BCUT2D eigenvalue weighted by Gasteiger charge is 2.24. The first-order valence-electron chi connectivity index (χ1n) is 9.28. The molecule has 1 fully saturated rings. The normalized spacial score (nSPS) is 15.4. The largest absolute Gasteiger partial charge is 0.383 e. The predicted octanol–water partition coefficient (Wildman–Crippen LogP) is 0.834. The number of amides is 2. The van der Waals surface area contributed by atoms with Crippen LogP contribution in [0.4, 0.5) is 0 Å². The Labute approximate surface area is 163 Å². The van der Waals surface area contributed by atoms with Gasteiger partial charge in [0.25, 0.3) is 11.7 Å². The lowest BCUT2D eigenvalue weighted by Crippen LogP contribution is -2.42. The number of Topliss-reactive ketones (excluding diaryl/α,β-unsaturated/α-hetero) is 1. The van der Waals surface area contributed by atoms with Crippen molar-refractivity contribution in [3.8, 4) is 0 Å². The van der Waals surface area contributed by atoms with Gasteiger partial charge in [-0.1, -0.05) is 18.2 Å². The third-order valence-electron chi connectivity index (χ3n) is 4.70. The molecule has 1 aliphatic rings. The van der Waals surface area contributed by atoms with Gasteiger partial charge in [0.1, 0.15) is 6.54 Å². The van der Waals surface area contributed by atoms with Crippen LogP contribution >= 0.6 is 0 Å². The Morgan fingerprint density at radius 2 is 1.93 bits per heavy atom. The number of hydrogen-bond acceptors (Lipinski definition) is 5. The number of morpholine rings is 1. The fraction of sp³-hybridized carbons (Fsp3) is 0.450. The van der Waals surface area contributed by atoms with Gasteiger partial charge in [-0.25, -0.2) is 0 Å². The minimum absolute atomic E-state index is 0.0405. The van der Waals surface area contributed by atoms with Gasteiger partial charge in [0.05, 0.1) is 25.4 Å². The minimum Gasteiger partial charge on any atom is -0.383 e. The van der Waals surface area contributed by atoms with Crippen molar-refractivity contribution in [2.75, 3.05) is 40.0 Å². The van der Waals surface area contributed by atoms with Gasteiger partial charge in [-0.15, -0.1) is 0 Å². The number of methoxy groups -OCH3 is 1. The average molecular weight is 387 g/mol. The third kappa shape index (κ3) is 4.40. The number of carbonyl (C=O) groups excluding carboxylic acids is 3. The number of rotatable bonds is 7. The second-order valence-corrected chi connectivity index (χ2v) is 6.84. The maximum absolute atomic E-state index is 12.7. The molecule has 28 heavy (non-hydrogen) atoms. The molecule has 1 aromatic heterocycles. The molecule has 3 rings (SSSR count). The maximum atomic E-state index is 12.7. The molecular formula is C20H25N3O5. The number of ketones is 1. The number of carbonyl (C=O) groups is 3. The van der Waals surface area contributed by atoms with Gasteiger partial charge in [-0.05, 0) is 13.0 Å². The standard InChI is InChI=1S/C20H25N3O5/c1-14(13-27-2)21-20(26)19(25)16-11-23(17-6-4-3-5-15(16)17)12-18(24)22-7-9-28-10-8-22/h3-6,11,14H,7-10,12-13H2,1-2H3,(H,21,26)/t14-/m0/s1. The first kappa shape index (κ1) is 20.0. The summed E-state index contributed by atoms with van der Waals surface area (Å²) < 4.78 is 12.0. The van der Waals surface area contributed by atoms with E-state index in [0.717, 1.165) is 5.52 Å². The van der Waals surface area contributed by atoms with Gasteiger partial charge in [-0.2, -0.15) is 0 Å². The fourth-order valence-corrected chi connectivity index (χ4v) is 3.32. The summed E-state index contributed by atoms with van der Waals surface area (Å²) in [5.74, 6) is -1.36. The quantitative estimate of drug-likeness (QED) is 0.562. The van der Waals surface area contributed by atoms with Gasteiger partial charge in [0, 0.05) is 43.3 Å². The monoisotopic (exact) mass is 387 g/mol. The molecule has 0 spiro atoms. The highest BCUT2D eigenvalue weighted by molar-refractivity contribution is 6.45. The summed E-state index contributed by atoms with van der Waals surface area (Å²) in [5.41, 5.74) is 1.03. The van der Waals surface area contributed by atoms with E-state index in [0.29, 0.717) is 38.3 Å². The number of hydrogen-bond donors (Lipinski definition) is 1. The molecule has 0 unspecified atom stereocenters. The second kappa shape index (κ2) is 8.99. The van der Waals surface area contributed by atoms with Crippen LogP contribution < -0.4 is 5.32 Å². The Hall–Kier alpha value is -2.71. The maximum Gasteiger partial charge on any atom is 0.292 e. The number of ether oxygens (including phenoxy) is 2. The average Bonchev–Trinajstić information content (AvgIpc) is 3.06. The Balaban J connectivity index is 1.83. The number of nitrogens with zero attached hydrogens (tertiary/aromatic N) is 2. The number of para-hydroxylation sites is 1. The lowest BCUT2D eigenvalue weighted by atomic mass is 10.1. The number of benzene rings is 1. The molecule has 1 saturated heterocycles. The van der Waals surface area contributed by atoms with Gasteiger partial charge < -0.3 is 24.3 Å². The fourth-order valence-electron chi connectivity index (χ4n) is 3.32. The van der Waals surface area contributed by atoms with Gasteiger partial charge in [-0.3, -0.25) is 14.4 Å². The van der Waals surface area contributed by atoms with Crippen LogP contribution in [0.3, 0.4) is 0 Å². The minimum atomic E-state index is -0.688. The lowest BCUT2D eigenvalue weighted by Gasteiger charge is -2.27. The summed E-state index contributed by atoms with van der Waals surface area (Å²) in [4.78, 5) is 39.4. The van der Waals surface area contributed by atoms with E-state index in [-0.39, 0.29) is 24.1 Å². The first-order valence-corrected chi connectivity index (χ1v) is 9.28. The molecule has 0 radical (unpaired) electrons. The smallest absolute Gasteiger partial charge is 0.292 e. The molecule has 2 amide bonds. The van der Waals surface area contributed by atoms with Crippen molar-refractivity contribution in [3.63, 3.8) is 0 Å². The zero-order valence-electron chi connectivity index (χ0n) is 16.1. The van der Waals surface area contributed by atoms with E-state index < -0.39 is 11.7 Å². The Morgan fingerprint density at radius 3 is 2.64 bits per heavy atom. The molecule has 8 nitrogen and oxygen atoms in total. The Morgan fingerprint density at radius 1 is 1.21 bits per heavy atom. The molecule has 8 heteroatoms. The van der Waals surface area contributed by atoms with E-state index in [9.17, 15) is 14.4 Å². The van der Waals surface area contributed by atoms with Crippen molar-refractivity contribution in [2.24, 2.45) is 0 Å². The number of aromatic nitrogens is 1. The van der Waals surface area contributed by atoms with E-state index in [1.807, 2.05) is 12.1 Å². The summed E-state index contributed by atoms with van der Waals surface area (Å²) in [6.45, 7) is 4.36. The third-order valence-corrected chi connectivity index (χ3v) is 4.70. The van der Waals surface area contributed by atoms with Gasteiger partial charge in [0.15, 0.2) is 0 Å². The van der Waals surface area contributed by atoms with Crippen molar-refractivity contribution >= 4 is 28.5 Å². The van der Waals surface area contributed by atoms with Crippen LogP contribution in [0, 0.1) is 0 Å². The molecule has 150 valence electrons. The summed E-state index contributed by atoms with van der Waals surface area (Å²) in [6, 6.07) is 6.98. The summed E-state index contributed by atoms with van der Waals surface area (Å²) >= 11 is 0. The van der Waals surface area contributed by atoms with Crippen LogP contribution in [-0.4, -0.2) is 73.1 Å². The van der Waals surface area contributed by atoms with Gasteiger partial charge >= 0.3 is 0 Å². The van der Waals surface area contributed by atoms with E-state index in [1.165, 1.54) is 7.11 Å². The molecule has 2 heterocycles. The topological polar surface area (TPSA) is 89.9 Å². The molecule has 1 atom stereocenters. The molecule has 0 bridgehead atoms. The van der Waals surface area contributed by atoms with Crippen LogP contribution in [-0.2, 0) is 25.6 Å². The van der Waals surface area contributed by atoms with Crippen LogP contribution in [0.5, 0.6) is 0 Å². The predicted molar refractivity (Wildman–Crippen MR) is 103 cm³/mol. The summed E-state index contributed by atoms with van der Waals surface area (Å²) in [5, 5.41) is 3.28. The van der Waals surface area contributed by atoms with Crippen molar-refractivity contribution in [1.82, 2.24) is 14.8 Å². The van der Waals surface area contributed by atoms with Crippen LogP contribution in [0.15, 0.2) is 30.5 Å². The van der Waals surface area contributed by atoms with E-state index in [4.69, 9.17) is 9.47 Å². The molecule has 1 N–H and O–H groups in total. The second-order valence-electron chi connectivity index (χ2n) is 6.84. The Kier molecular flexibility index (Phi) is 6.43. The van der Waals surface area contributed by atoms with E-state index >= 15 is 0 Å². The number of nitrogens with one attached hydrogen (secondary N) is 1. The first-order chi connectivity index (χ1) is 13.5. The van der Waals surface area contributed by atoms with E-state index in [2.05, 4.69) is 5.32 Å². The SMILES string of the molecule is COC[C@H](C)NC(=O)C(=O)c1cn(CC(=O)N2CCOCC2)c2ccccc12. The van der Waals surface area contributed by atoms with Crippen LogP contribution in [0.2, 0.25) is 0 Å². The van der Waals surface area contributed by atoms with E-state index in [1.54, 1.807) is 34.7 Å². The highest BCUT2D eigenvalue weighted by Crippen LogP contribution is 2.22. The van der Waals surface area contributed by atoms with Crippen molar-refractivity contribution in [2.45, 2.75) is 19.5 Å². The molecule has 1 aliphatic heterocycles. The van der Waals surface area contributed by atoms with Crippen molar-refractivity contribution in [3.05, 3.63) is 36.0 Å². The van der Waals surface area contributed by atoms with Crippen LogP contribution in [0.1, 0.15) is 17.3 Å². The lowest BCUT2D eigenvalue weighted by molar-refractivity contribution is -0.135. The molecular weight excluding hydrogens is 362 g/mol. The summed E-state index contributed by atoms with van der Waals surface area (Å²) in [7, 11) is 1.53. The van der Waals surface area contributed by atoms with Crippen molar-refractivity contribution < 1.29 is 23.9 Å². The zero-order chi connectivity index (χ0) is 20.1.